The van der Waals surface area contributed by atoms with Crippen molar-refractivity contribution in [2.75, 3.05) is 0 Å². The van der Waals surface area contributed by atoms with Gasteiger partial charge in [0.2, 0.25) is 0 Å². The Morgan fingerprint density at radius 3 is 2.35 bits per heavy atom. The van der Waals surface area contributed by atoms with Gasteiger partial charge in [0.25, 0.3) is 0 Å². The summed E-state index contributed by atoms with van der Waals surface area (Å²) in [6.07, 6.45) is 4.65. The van der Waals surface area contributed by atoms with E-state index in [-0.39, 0.29) is 0 Å². The molecule has 0 amide bonds. The van der Waals surface area contributed by atoms with Crippen LogP contribution >= 0.6 is 0 Å². The van der Waals surface area contributed by atoms with Gasteiger partial charge in [-0.2, -0.15) is 5.10 Å². The summed E-state index contributed by atoms with van der Waals surface area (Å²) in [5, 5.41) is 13.6. The maximum absolute atomic E-state index is 11.1. The van der Waals surface area contributed by atoms with Gasteiger partial charge in [-0.05, 0) is 45.4 Å². The molecule has 94 valence electrons. The lowest BCUT2D eigenvalue weighted by Crippen LogP contribution is -2.19. The van der Waals surface area contributed by atoms with Crippen LogP contribution in [0.1, 0.15) is 60.4 Å². The Kier molecular flexibility index (Phi) is 3.22. The second-order valence-corrected chi connectivity index (χ2v) is 5.21. The van der Waals surface area contributed by atoms with Crippen LogP contribution in [0.15, 0.2) is 0 Å². The number of carboxylic acids is 1. The zero-order chi connectivity index (χ0) is 12.6. The van der Waals surface area contributed by atoms with Crippen LogP contribution in [0.3, 0.4) is 0 Å². The average Bonchev–Trinajstić information content (AvgIpc) is 2.55. The van der Waals surface area contributed by atoms with Crippen LogP contribution in [-0.4, -0.2) is 20.9 Å². The highest BCUT2D eigenvalue weighted by atomic mass is 16.4. The molecule has 0 spiro atoms. The molecule has 1 saturated carbocycles. The molecule has 0 saturated heterocycles. The lowest BCUT2D eigenvalue weighted by Gasteiger charge is -2.27. The van der Waals surface area contributed by atoms with E-state index in [0.717, 1.165) is 24.5 Å². The largest absolute Gasteiger partial charge is 0.478 e. The van der Waals surface area contributed by atoms with Crippen LogP contribution in [-0.2, 0) is 0 Å². The zero-order valence-corrected chi connectivity index (χ0v) is 10.7. The van der Waals surface area contributed by atoms with Gasteiger partial charge < -0.3 is 5.11 Å². The molecule has 0 atom stereocenters. The number of aryl methyl sites for hydroxylation is 1. The summed E-state index contributed by atoms with van der Waals surface area (Å²) in [6, 6.07) is 0.387. The molecule has 1 aromatic rings. The van der Waals surface area contributed by atoms with Gasteiger partial charge in [0, 0.05) is 0 Å². The van der Waals surface area contributed by atoms with Crippen molar-refractivity contribution in [1.82, 2.24) is 9.78 Å². The summed E-state index contributed by atoms with van der Waals surface area (Å²) in [5.74, 6) is -0.0717. The lowest BCUT2D eigenvalue weighted by molar-refractivity contribution is 0.0695. The smallest absolute Gasteiger partial charge is 0.339 e. The highest BCUT2D eigenvalue weighted by Crippen LogP contribution is 2.33. The fourth-order valence-electron chi connectivity index (χ4n) is 2.82. The Labute approximate surface area is 102 Å². The van der Waals surface area contributed by atoms with Gasteiger partial charge in [-0.25, -0.2) is 4.79 Å². The Balaban J connectivity index is 2.28. The molecule has 0 unspecified atom stereocenters. The molecule has 4 nitrogen and oxygen atoms in total. The summed E-state index contributed by atoms with van der Waals surface area (Å²) in [4.78, 5) is 11.1. The van der Waals surface area contributed by atoms with Crippen LogP contribution in [0.5, 0.6) is 0 Å². The number of hydrogen-bond donors (Lipinski definition) is 1. The van der Waals surface area contributed by atoms with Crippen molar-refractivity contribution >= 4 is 5.97 Å². The van der Waals surface area contributed by atoms with Gasteiger partial charge in [-0.1, -0.05) is 6.92 Å². The molecule has 0 aromatic carbocycles. The van der Waals surface area contributed by atoms with Crippen molar-refractivity contribution in [3.05, 3.63) is 17.0 Å². The number of rotatable bonds is 2. The third-order valence-corrected chi connectivity index (χ3v) is 3.87. The molecule has 1 fully saturated rings. The molecule has 1 aliphatic carbocycles. The molecule has 1 aliphatic rings. The summed E-state index contributed by atoms with van der Waals surface area (Å²) >= 11 is 0. The summed E-state index contributed by atoms with van der Waals surface area (Å²) in [6.45, 7) is 5.92. The summed E-state index contributed by atoms with van der Waals surface area (Å²) in [5.41, 5.74) is 1.81. The minimum atomic E-state index is -0.865. The van der Waals surface area contributed by atoms with Crippen molar-refractivity contribution in [1.29, 1.82) is 0 Å². The Hall–Kier alpha value is -1.32. The standard InChI is InChI=1S/C13H20N2O2/c1-8-4-6-11(7-5-8)15-10(3)12(13(16)17)9(2)14-15/h8,11H,4-7H2,1-3H3,(H,16,17). The number of nitrogens with zero attached hydrogens (tertiary/aromatic N) is 2. The fraction of sp³-hybridized carbons (Fsp3) is 0.692. The average molecular weight is 236 g/mol. The molecule has 1 N–H and O–H groups in total. The fourth-order valence-corrected chi connectivity index (χ4v) is 2.82. The van der Waals surface area contributed by atoms with Crippen molar-refractivity contribution in [3.8, 4) is 0 Å². The zero-order valence-electron chi connectivity index (χ0n) is 10.7. The second-order valence-electron chi connectivity index (χ2n) is 5.21. The highest BCUT2D eigenvalue weighted by molar-refractivity contribution is 5.90. The van der Waals surface area contributed by atoms with Gasteiger partial charge in [-0.3, -0.25) is 4.68 Å². The summed E-state index contributed by atoms with van der Waals surface area (Å²) < 4.78 is 1.94. The molecule has 1 heterocycles. The first kappa shape index (κ1) is 12.1. The van der Waals surface area contributed by atoms with Gasteiger partial charge >= 0.3 is 5.97 Å². The predicted molar refractivity (Wildman–Crippen MR) is 65.3 cm³/mol. The van der Waals surface area contributed by atoms with E-state index in [2.05, 4.69) is 12.0 Å². The summed E-state index contributed by atoms with van der Waals surface area (Å²) in [7, 11) is 0. The second kappa shape index (κ2) is 4.51. The van der Waals surface area contributed by atoms with Crippen molar-refractivity contribution in [2.24, 2.45) is 5.92 Å². The quantitative estimate of drug-likeness (QED) is 0.858. The highest BCUT2D eigenvalue weighted by Gasteiger charge is 2.25. The van der Waals surface area contributed by atoms with E-state index in [0.29, 0.717) is 17.3 Å². The maximum atomic E-state index is 11.1. The molecule has 2 rings (SSSR count). The number of aromatic carboxylic acids is 1. The van der Waals surface area contributed by atoms with Crippen LogP contribution in [0, 0.1) is 19.8 Å². The topological polar surface area (TPSA) is 55.1 Å². The molecular weight excluding hydrogens is 216 g/mol. The lowest BCUT2D eigenvalue weighted by atomic mass is 9.87. The van der Waals surface area contributed by atoms with Crippen LogP contribution in [0.2, 0.25) is 0 Å². The van der Waals surface area contributed by atoms with E-state index >= 15 is 0 Å². The molecule has 17 heavy (non-hydrogen) atoms. The molecule has 0 aliphatic heterocycles. The first-order valence-electron chi connectivity index (χ1n) is 6.29. The number of hydrogen-bond acceptors (Lipinski definition) is 2. The van der Waals surface area contributed by atoms with Crippen LogP contribution in [0.25, 0.3) is 0 Å². The number of carboxylic acid groups (broad SMARTS) is 1. The Morgan fingerprint density at radius 1 is 1.29 bits per heavy atom. The third kappa shape index (κ3) is 2.21. The van der Waals surface area contributed by atoms with Gasteiger partial charge in [0.1, 0.15) is 5.56 Å². The van der Waals surface area contributed by atoms with Crippen molar-refractivity contribution in [2.45, 2.75) is 52.5 Å². The molecule has 4 heteroatoms. The molecule has 1 aromatic heterocycles. The number of carbonyl (C=O) groups is 1. The van der Waals surface area contributed by atoms with E-state index in [1.807, 2.05) is 11.6 Å². The third-order valence-electron chi connectivity index (χ3n) is 3.87. The SMILES string of the molecule is Cc1nn(C2CCC(C)CC2)c(C)c1C(=O)O. The minimum Gasteiger partial charge on any atom is -0.478 e. The first-order valence-corrected chi connectivity index (χ1v) is 6.29. The minimum absolute atomic E-state index is 0.378. The first-order chi connectivity index (χ1) is 8.00. The van der Waals surface area contributed by atoms with E-state index in [4.69, 9.17) is 5.11 Å². The van der Waals surface area contributed by atoms with E-state index in [9.17, 15) is 4.79 Å². The monoisotopic (exact) mass is 236 g/mol. The maximum Gasteiger partial charge on any atom is 0.339 e. The van der Waals surface area contributed by atoms with Crippen molar-refractivity contribution in [3.63, 3.8) is 0 Å². The van der Waals surface area contributed by atoms with Gasteiger partial charge in [0.15, 0.2) is 0 Å². The van der Waals surface area contributed by atoms with Gasteiger partial charge in [-0.15, -0.1) is 0 Å². The van der Waals surface area contributed by atoms with Crippen molar-refractivity contribution < 1.29 is 9.90 Å². The van der Waals surface area contributed by atoms with Crippen LogP contribution < -0.4 is 0 Å². The van der Waals surface area contributed by atoms with E-state index in [1.165, 1.54) is 12.8 Å². The van der Waals surface area contributed by atoms with Crippen LogP contribution in [0.4, 0.5) is 0 Å². The molecular formula is C13H20N2O2. The van der Waals surface area contributed by atoms with E-state index in [1.54, 1.807) is 6.92 Å². The normalized spacial score (nSPS) is 24.9. The molecule has 0 bridgehead atoms. The Bertz CT molecular complexity index is 429. The number of aromatic nitrogens is 2. The predicted octanol–water partition coefficient (Wildman–Crippen LogP) is 2.95. The Morgan fingerprint density at radius 2 is 1.88 bits per heavy atom. The van der Waals surface area contributed by atoms with E-state index < -0.39 is 5.97 Å². The molecule has 0 radical (unpaired) electrons. The van der Waals surface area contributed by atoms with Gasteiger partial charge in [0.05, 0.1) is 17.4 Å².